The Morgan fingerprint density at radius 3 is 1.57 bits per heavy atom. The summed E-state index contributed by atoms with van der Waals surface area (Å²) in [5.41, 5.74) is -1.44. The smallest absolute Gasteiger partial charge is 0.410 e. The maximum absolute atomic E-state index is 12.3. The minimum Gasteiger partial charge on any atom is -0.462 e. The summed E-state index contributed by atoms with van der Waals surface area (Å²) in [7, 11) is 1.48. The molecule has 0 bridgehead atoms. The zero-order valence-electron chi connectivity index (χ0n) is 19.4. The van der Waals surface area contributed by atoms with Gasteiger partial charge in [0.2, 0.25) is 0 Å². The lowest BCUT2D eigenvalue weighted by molar-refractivity contribution is -0.145. The fourth-order valence-electron chi connectivity index (χ4n) is 2.06. The third kappa shape index (κ3) is 13.8. The van der Waals surface area contributed by atoms with Gasteiger partial charge < -0.3 is 18.9 Å². The molecular weight excluding hydrogens is 396 g/mol. The molecule has 10 nitrogen and oxygen atoms in total. The third-order valence-electron chi connectivity index (χ3n) is 3.23. The number of esters is 1. The number of hydrogen-bond acceptors (Lipinski definition) is 8. The van der Waals surface area contributed by atoms with Gasteiger partial charge in [0, 0.05) is 13.7 Å². The van der Waals surface area contributed by atoms with Gasteiger partial charge >= 0.3 is 18.2 Å². The Hall–Kier alpha value is -2.36. The molecule has 0 aromatic carbocycles. The number of ether oxygens (including phenoxy) is 4. The maximum Gasteiger partial charge on any atom is 0.410 e. The van der Waals surface area contributed by atoms with Crippen LogP contribution in [0.15, 0.2) is 0 Å². The van der Waals surface area contributed by atoms with Crippen LogP contribution in [0.25, 0.3) is 0 Å². The van der Waals surface area contributed by atoms with Crippen molar-refractivity contribution in [3.05, 3.63) is 0 Å². The van der Waals surface area contributed by atoms with Crippen LogP contribution in [-0.2, 0) is 28.5 Å². The first-order chi connectivity index (χ1) is 13.6. The lowest BCUT2D eigenvalue weighted by Crippen LogP contribution is -2.43. The second-order valence-corrected chi connectivity index (χ2v) is 8.72. The van der Waals surface area contributed by atoms with Gasteiger partial charge in [-0.3, -0.25) is 19.4 Å². The topological polar surface area (TPSA) is 112 Å². The van der Waals surface area contributed by atoms with Crippen LogP contribution in [0, 0.1) is 0 Å². The van der Waals surface area contributed by atoms with E-state index in [1.165, 1.54) is 18.9 Å². The Labute approximate surface area is 178 Å². The molecule has 0 heterocycles. The first kappa shape index (κ1) is 27.6. The average molecular weight is 433 g/mol. The summed E-state index contributed by atoms with van der Waals surface area (Å²) in [6, 6.07) is 0. The summed E-state index contributed by atoms with van der Waals surface area (Å²) >= 11 is 0. The van der Waals surface area contributed by atoms with Gasteiger partial charge in [0.05, 0.1) is 19.7 Å². The molecule has 0 aliphatic heterocycles. The summed E-state index contributed by atoms with van der Waals surface area (Å²) in [6.45, 7) is 11.3. The molecule has 0 spiro atoms. The molecule has 0 aliphatic rings. The van der Waals surface area contributed by atoms with Gasteiger partial charge in [0.15, 0.2) is 0 Å². The second-order valence-electron chi connectivity index (χ2n) is 8.72. The fourth-order valence-corrected chi connectivity index (χ4v) is 2.06. The quantitative estimate of drug-likeness (QED) is 0.382. The first-order valence-corrected chi connectivity index (χ1v) is 9.74. The van der Waals surface area contributed by atoms with Crippen molar-refractivity contribution in [3.63, 3.8) is 0 Å². The molecular formula is C20H36N2O8. The van der Waals surface area contributed by atoms with E-state index in [0.717, 1.165) is 4.90 Å². The molecule has 0 unspecified atom stereocenters. The molecule has 10 heteroatoms. The predicted octanol–water partition coefficient (Wildman–Crippen LogP) is 2.24. The summed E-state index contributed by atoms with van der Waals surface area (Å²) in [5, 5.41) is 0. The Morgan fingerprint density at radius 1 is 0.733 bits per heavy atom. The van der Waals surface area contributed by atoms with Crippen molar-refractivity contribution in [2.75, 3.05) is 46.5 Å². The largest absolute Gasteiger partial charge is 0.462 e. The summed E-state index contributed by atoms with van der Waals surface area (Å²) < 4.78 is 20.6. The van der Waals surface area contributed by atoms with Gasteiger partial charge in [0.1, 0.15) is 30.1 Å². The van der Waals surface area contributed by atoms with E-state index in [-0.39, 0.29) is 45.2 Å². The number of ketones is 1. The minimum atomic E-state index is -0.724. The highest BCUT2D eigenvalue weighted by Gasteiger charge is 2.26. The van der Waals surface area contributed by atoms with Crippen molar-refractivity contribution < 1.29 is 38.1 Å². The number of carbonyl (C=O) groups is 4. The van der Waals surface area contributed by atoms with E-state index in [0.29, 0.717) is 0 Å². The van der Waals surface area contributed by atoms with Gasteiger partial charge in [-0.25, -0.2) is 9.59 Å². The number of carbonyl (C=O) groups excluding carboxylic acids is 4. The lowest BCUT2D eigenvalue weighted by atomic mass is 10.2. The van der Waals surface area contributed by atoms with Crippen molar-refractivity contribution in [2.45, 2.75) is 59.7 Å². The fraction of sp³-hybridized carbons (Fsp3) is 0.800. The number of methoxy groups -OCH3 is 1. The van der Waals surface area contributed by atoms with Crippen molar-refractivity contribution in [3.8, 4) is 0 Å². The van der Waals surface area contributed by atoms with Crippen LogP contribution in [0.2, 0.25) is 0 Å². The molecule has 30 heavy (non-hydrogen) atoms. The van der Waals surface area contributed by atoms with Crippen LogP contribution in [0.1, 0.15) is 48.5 Å². The Bertz CT molecular complexity index is 593. The van der Waals surface area contributed by atoms with Crippen LogP contribution in [0.3, 0.4) is 0 Å². The molecule has 0 radical (unpaired) electrons. The second kappa shape index (κ2) is 12.4. The van der Waals surface area contributed by atoms with Crippen molar-refractivity contribution in [2.24, 2.45) is 0 Å². The predicted molar refractivity (Wildman–Crippen MR) is 109 cm³/mol. The number of amides is 2. The molecule has 0 saturated carbocycles. The molecule has 0 N–H and O–H groups in total. The lowest BCUT2D eigenvalue weighted by Gasteiger charge is -2.27. The highest BCUT2D eigenvalue weighted by molar-refractivity contribution is 5.82. The van der Waals surface area contributed by atoms with Gasteiger partial charge in [-0.1, -0.05) is 0 Å². The van der Waals surface area contributed by atoms with Crippen molar-refractivity contribution >= 4 is 23.9 Å². The van der Waals surface area contributed by atoms with E-state index in [4.69, 9.17) is 18.9 Å². The zero-order valence-corrected chi connectivity index (χ0v) is 19.4. The highest BCUT2D eigenvalue weighted by atomic mass is 16.6. The molecule has 2 amide bonds. The van der Waals surface area contributed by atoms with E-state index in [9.17, 15) is 19.2 Å². The Morgan fingerprint density at radius 2 is 1.17 bits per heavy atom. The Kier molecular flexibility index (Phi) is 11.4. The third-order valence-corrected chi connectivity index (χ3v) is 3.23. The van der Waals surface area contributed by atoms with E-state index >= 15 is 0 Å². The molecule has 0 aliphatic carbocycles. The Balaban J connectivity index is 4.81. The normalized spacial score (nSPS) is 11.5. The highest BCUT2D eigenvalue weighted by Crippen LogP contribution is 2.11. The molecule has 0 aromatic heterocycles. The molecule has 0 fully saturated rings. The van der Waals surface area contributed by atoms with E-state index in [1.807, 2.05) is 0 Å². The number of nitrogens with zero attached hydrogens (tertiary/aromatic N) is 2. The molecule has 0 atom stereocenters. The number of hydrogen-bond donors (Lipinski definition) is 0. The van der Waals surface area contributed by atoms with Crippen molar-refractivity contribution in [1.29, 1.82) is 0 Å². The molecule has 0 saturated heterocycles. The van der Waals surface area contributed by atoms with Gasteiger partial charge in [-0.05, 0) is 48.5 Å². The summed E-state index contributed by atoms with van der Waals surface area (Å²) in [4.78, 5) is 50.4. The average Bonchev–Trinajstić information content (AvgIpc) is 2.54. The van der Waals surface area contributed by atoms with E-state index in [1.54, 1.807) is 41.5 Å². The van der Waals surface area contributed by atoms with Gasteiger partial charge in [-0.15, -0.1) is 0 Å². The van der Waals surface area contributed by atoms with Crippen LogP contribution >= 0.6 is 0 Å². The van der Waals surface area contributed by atoms with E-state index < -0.39 is 29.4 Å². The van der Waals surface area contributed by atoms with Crippen molar-refractivity contribution in [1.82, 2.24) is 9.80 Å². The maximum atomic E-state index is 12.3. The minimum absolute atomic E-state index is 0.0231. The van der Waals surface area contributed by atoms with Crippen LogP contribution in [0.5, 0.6) is 0 Å². The van der Waals surface area contributed by atoms with Crippen LogP contribution in [-0.4, -0.2) is 91.4 Å². The number of Topliss-reactive ketones (excluding diaryl/α,β-unsaturated/α-hetero) is 1. The summed E-state index contributed by atoms with van der Waals surface area (Å²) in [5.74, 6) is -0.910. The SMILES string of the molecule is COCCN(CC(=O)OCCN(CC(C)=O)C(=O)OC(C)(C)C)C(=O)OC(C)(C)C. The molecule has 174 valence electrons. The monoisotopic (exact) mass is 432 g/mol. The number of rotatable bonds is 10. The van der Waals surface area contributed by atoms with Crippen LogP contribution in [0.4, 0.5) is 9.59 Å². The molecule has 0 aromatic rings. The van der Waals surface area contributed by atoms with E-state index in [2.05, 4.69) is 0 Å². The molecule has 0 rings (SSSR count). The van der Waals surface area contributed by atoms with Gasteiger partial charge in [-0.2, -0.15) is 0 Å². The van der Waals surface area contributed by atoms with Gasteiger partial charge in [0.25, 0.3) is 0 Å². The standard InChI is InChI=1S/C20H36N2O8/c1-15(23)13-21(17(25)29-19(2,3)4)10-12-28-16(24)14-22(9-11-27-8)18(26)30-20(5,6)7/h9-14H2,1-8H3. The van der Waals surface area contributed by atoms with Crippen LogP contribution < -0.4 is 0 Å². The zero-order chi connectivity index (χ0) is 23.5. The summed E-state index contributed by atoms with van der Waals surface area (Å²) in [6.07, 6.45) is -1.34. The first-order valence-electron chi connectivity index (χ1n) is 9.74.